The number of rotatable bonds is 9. The lowest BCUT2D eigenvalue weighted by Crippen LogP contribution is -2.48. The first-order chi connectivity index (χ1) is 18.4. The third-order valence-electron chi connectivity index (χ3n) is 6.53. The highest BCUT2D eigenvalue weighted by Gasteiger charge is 2.43. The molecule has 0 spiro atoms. The van der Waals surface area contributed by atoms with Crippen molar-refractivity contribution in [3.05, 3.63) is 84.1 Å². The Hall–Kier alpha value is -4.03. The van der Waals surface area contributed by atoms with Crippen LogP contribution < -0.4 is 5.32 Å². The minimum Gasteiger partial charge on any atom is -0.467 e. The molecule has 11 nitrogen and oxygen atoms in total. The SMILES string of the molecule is O=C(NC[C@H]1CCCO1)[C@@H](c1ccncc1)N(Cc1ccco1)C(=O)CN1C(=O)c2ccccc2S1(=O)=O. The summed E-state index contributed by atoms with van der Waals surface area (Å²) in [7, 11) is -4.23. The molecule has 198 valence electrons. The molecule has 2 aromatic heterocycles. The van der Waals surface area contributed by atoms with Gasteiger partial charge in [0.05, 0.1) is 24.5 Å². The number of furan rings is 1. The zero-order valence-corrected chi connectivity index (χ0v) is 21.2. The van der Waals surface area contributed by atoms with Gasteiger partial charge in [0.15, 0.2) is 0 Å². The van der Waals surface area contributed by atoms with Gasteiger partial charge in [-0.25, -0.2) is 12.7 Å². The van der Waals surface area contributed by atoms with E-state index < -0.39 is 40.3 Å². The second-order valence-corrected chi connectivity index (χ2v) is 10.8. The van der Waals surface area contributed by atoms with E-state index in [9.17, 15) is 22.8 Å². The number of hydrogen-bond donors (Lipinski definition) is 1. The van der Waals surface area contributed by atoms with Crippen LogP contribution in [0.5, 0.6) is 0 Å². The number of benzene rings is 1. The number of nitrogens with one attached hydrogen (secondary N) is 1. The van der Waals surface area contributed by atoms with Crippen molar-refractivity contribution in [3.63, 3.8) is 0 Å². The highest BCUT2D eigenvalue weighted by Crippen LogP contribution is 2.31. The van der Waals surface area contributed by atoms with Gasteiger partial charge in [0.2, 0.25) is 11.8 Å². The lowest BCUT2D eigenvalue weighted by Gasteiger charge is -2.32. The van der Waals surface area contributed by atoms with E-state index in [1.54, 1.807) is 30.3 Å². The quantitative estimate of drug-likeness (QED) is 0.436. The summed E-state index contributed by atoms with van der Waals surface area (Å²) < 4.78 is 37.8. The average molecular weight is 539 g/mol. The smallest absolute Gasteiger partial charge is 0.269 e. The van der Waals surface area contributed by atoms with E-state index in [0.717, 1.165) is 12.8 Å². The van der Waals surface area contributed by atoms with E-state index in [4.69, 9.17) is 9.15 Å². The zero-order valence-electron chi connectivity index (χ0n) is 20.4. The van der Waals surface area contributed by atoms with Crippen molar-refractivity contribution in [1.82, 2.24) is 19.5 Å². The second-order valence-electron chi connectivity index (χ2n) is 8.98. The zero-order chi connectivity index (χ0) is 26.7. The van der Waals surface area contributed by atoms with Gasteiger partial charge in [-0.15, -0.1) is 0 Å². The van der Waals surface area contributed by atoms with E-state index in [2.05, 4.69) is 10.3 Å². The van der Waals surface area contributed by atoms with Crippen LogP contribution in [-0.4, -0.2) is 66.1 Å². The van der Waals surface area contributed by atoms with Crippen LogP contribution >= 0.6 is 0 Å². The number of aromatic nitrogens is 1. The first-order valence-electron chi connectivity index (χ1n) is 12.1. The van der Waals surface area contributed by atoms with Crippen LogP contribution in [0.25, 0.3) is 0 Å². The molecule has 0 bridgehead atoms. The number of nitrogens with zero attached hydrogens (tertiary/aromatic N) is 3. The van der Waals surface area contributed by atoms with Crippen molar-refractivity contribution in [2.24, 2.45) is 0 Å². The fraction of sp³-hybridized carbons (Fsp3) is 0.308. The van der Waals surface area contributed by atoms with E-state index in [1.165, 1.54) is 41.8 Å². The van der Waals surface area contributed by atoms with E-state index in [-0.39, 0.29) is 29.7 Å². The molecule has 4 heterocycles. The highest BCUT2D eigenvalue weighted by molar-refractivity contribution is 7.90. The number of sulfonamides is 1. The summed E-state index contributed by atoms with van der Waals surface area (Å²) in [6.07, 6.45) is 6.01. The number of ether oxygens (including phenoxy) is 1. The topological polar surface area (TPSA) is 139 Å². The van der Waals surface area contributed by atoms with Crippen molar-refractivity contribution >= 4 is 27.7 Å². The largest absolute Gasteiger partial charge is 0.467 e. The minimum atomic E-state index is -4.23. The van der Waals surface area contributed by atoms with Gasteiger partial charge < -0.3 is 19.4 Å². The van der Waals surface area contributed by atoms with Crippen LogP contribution in [0.2, 0.25) is 0 Å². The molecule has 1 N–H and O–H groups in total. The number of amides is 3. The molecular weight excluding hydrogens is 512 g/mol. The molecule has 1 fully saturated rings. The second kappa shape index (κ2) is 10.8. The Kier molecular flexibility index (Phi) is 7.25. The molecule has 3 aromatic rings. The lowest BCUT2D eigenvalue weighted by molar-refractivity contribution is -0.142. The van der Waals surface area contributed by atoms with Crippen molar-refractivity contribution in [2.75, 3.05) is 19.7 Å². The Morgan fingerprint density at radius 3 is 2.61 bits per heavy atom. The molecule has 0 saturated carbocycles. The van der Waals surface area contributed by atoms with E-state index in [1.807, 2.05) is 0 Å². The van der Waals surface area contributed by atoms with Crippen LogP contribution in [0.3, 0.4) is 0 Å². The monoisotopic (exact) mass is 538 g/mol. The molecular formula is C26H26N4O7S. The molecule has 2 aliphatic heterocycles. The van der Waals surface area contributed by atoms with Crippen LogP contribution in [0.4, 0.5) is 0 Å². The van der Waals surface area contributed by atoms with E-state index in [0.29, 0.717) is 22.2 Å². The summed E-state index contributed by atoms with van der Waals surface area (Å²) in [5, 5.41) is 2.86. The summed E-state index contributed by atoms with van der Waals surface area (Å²) in [4.78, 5) is 45.4. The molecule has 1 saturated heterocycles. The Morgan fingerprint density at radius 2 is 1.92 bits per heavy atom. The van der Waals surface area contributed by atoms with Gasteiger partial charge in [-0.05, 0) is 54.8 Å². The number of pyridine rings is 1. The first-order valence-corrected chi connectivity index (χ1v) is 13.6. The predicted octanol–water partition coefficient (Wildman–Crippen LogP) is 1.88. The Bertz CT molecular complexity index is 1420. The van der Waals surface area contributed by atoms with Gasteiger partial charge in [-0.3, -0.25) is 19.4 Å². The number of carbonyl (C=O) groups excluding carboxylic acids is 3. The molecule has 1 aromatic carbocycles. The normalized spacial score (nSPS) is 18.7. The van der Waals surface area contributed by atoms with Crippen LogP contribution in [0, 0.1) is 0 Å². The third kappa shape index (κ3) is 5.04. The fourth-order valence-electron chi connectivity index (χ4n) is 4.63. The van der Waals surface area contributed by atoms with Gasteiger partial charge in [-0.1, -0.05) is 12.1 Å². The molecule has 5 rings (SSSR count). The van der Waals surface area contributed by atoms with Gasteiger partial charge in [0.1, 0.15) is 23.2 Å². The Labute approximate surface area is 219 Å². The average Bonchev–Trinajstić information content (AvgIpc) is 3.67. The third-order valence-corrected chi connectivity index (χ3v) is 8.31. The van der Waals surface area contributed by atoms with Crippen molar-refractivity contribution in [1.29, 1.82) is 0 Å². The van der Waals surface area contributed by atoms with Crippen molar-refractivity contribution in [2.45, 2.75) is 36.4 Å². The van der Waals surface area contributed by atoms with Gasteiger partial charge >= 0.3 is 0 Å². The maximum absolute atomic E-state index is 13.8. The van der Waals surface area contributed by atoms with Crippen molar-refractivity contribution in [3.8, 4) is 0 Å². The summed E-state index contributed by atoms with van der Waals surface area (Å²) in [6.45, 7) is -0.0337. The molecule has 3 amide bonds. The molecule has 12 heteroatoms. The number of carbonyl (C=O) groups is 3. The first kappa shape index (κ1) is 25.6. The molecule has 0 unspecified atom stereocenters. The number of hydrogen-bond acceptors (Lipinski definition) is 8. The molecule has 2 atom stereocenters. The molecule has 0 aliphatic carbocycles. The summed E-state index contributed by atoms with van der Waals surface area (Å²) in [5.74, 6) is -1.65. The highest BCUT2D eigenvalue weighted by atomic mass is 32.2. The lowest BCUT2D eigenvalue weighted by atomic mass is 10.0. The number of fused-ring (bicyclic) bond motifs is 1. The van der Waals surface area contributed by atoms with Crippen LogP contribution in [0.15, 0.2) is 76.5 Å². The summed E-state index contributed by atoms with van der Waals surface area (Å²) in [5.41, 5.74) is 0.460. The predicted molar refractivity (Wildman–Crippen MR) is 133 cm³/mol. The Balaban J connectivity index is 1.46. The molecule has 0 radical (unpaired) electrons. The maximum atomic E-state index is 13.8. The minimum absolute atomic E-state index is 0.00197. The van der Waals surface area contributed by atoms with Crippen LogP contribution in [0.1, 0.15) is 40.6 Å². The maximum Gasteiger partial charge on any atom is 0.269 e. The Morgan fingerprint density at radius 1 is 1.13 bits per heavy atom. The summed E-state index contributed by atoms with van der Waals surface area (Å²) in [6, 6.07) is 11.1. The standard InChI is InChI=1S/C26H26N4O7S/c31-23(17-30-26(33)21-7-1-2-8-22(21)38(30,34)35)29(16-20-6-4-14-37-20)24(18-9-11-27-12-10-18)25(32)28-15-19-5-3-13-36-19/h1-2,4,6-12,14,19,24H,3,5,13,15-17H2,(H,28,32)/t19-,24-/m1/s1. The summed E-state index contributed by atoms with van der Waals surface area (Å²) >= 11 is 0. The van der Waals surface area contributed by atoms with Gasteiger partial charge in [0.25, 0.3) is 15.9 Å². The molecule has 2 aliphatic rings. The molecule has 38 heavy (non-hydrogen) atoms. The van der Waals surface area contributed by atoms with Crippen LogP contribution in [-0.2, 0) is 30.9 Å². The van der Waals surface area contributed by atoms with Gasteiger partial charge in [-0.2, -0.15) is 0 Å². The van der Waals surface area contributed by atoms with Gasteiger partial charge in [0, 0.05) is 25.5 Å². The fourth-order valence-corrected chi connectivity index (χ4v) is 6.15. The van der Waals surface area contributed by atoms with E-state index >= 15 is 0 Å². The van der Waals surface area contributed by atoms with Crippen molar-refractivity contribution < 1.29 is 32.0 Å².